The summed E-state index contributed by atoms with van der Waals surface area (Å²) in [7, 11) is -3.54. The third kappa shape index (κ3) is 4.28. The molecule has 7 nitrogen and oxygen atoms in total. The van der Waals surface area contributed by atoms with Crippen molar-refractivity contribution < 1.29 is 17.6 Å². The minimum atomic E-state index is -3.54. The van der Waals surface area contributed by atoms with Gasteiger partial charge in [0.2, 0.25) is 10.0 Å². The molecule has 1 N–H and O–H groups in total. The molecule has 0 unspecified atom stereocenters. The van der Waals surface area contributed by atoms with Crippen LogP contribution in [-0.2, 0) is 16.4 Å². The molecule has 1 amide bonds. The molecule has 5 rings (SSSR count). The summed E-state index contributed by atoms with van der Waals surface area (Å²) in [5, 5.41) is 3.02. The van der Waals surface area contributed by atoms with Crippen molar-refractivity contribution in [2.75, 3.05) is 29.9 Å². The van der Waals surface area contributed by atoms with Crippen molar-refractivity contribution in [3.8, 4) is 0 Å². The summed E-state index contributed by atoms with van der Waals surface area (Å²) < 4.78 is 41.3. The molecular formula is C25H25FN4O3S. The number of fused-ring (bicyclic) bond motifs is 1. The molecule has 2 aromatic carbocycles. The Kier molecular flexibility index (Phi) is 6.05. The number of nitrogens with one attached hydrogen (secondary N) is 1. The van der Waals surface area contributed by atoms with E-state index >= 15 is 0 Å². The molecule has 1 aromatic heterocycles. The van der Waals surface area contributed by atoms with Gasteiger partial charge in [-0.15, -0.1) is 0 Å². The molecule has 34 heavy (non-hydrogen) atoms. The number of nitrogens with zero attached hydrogens (tertiary/aromatic N) is 3. The van der Waals surface area contributed by atoms with Crippen molar-refractivity contribution in [1.82, 2.24) is 9.29 Å². The monoisotopic (exact) mass is 480 g/mol. The summed E-state index contributed by atoms with van der Waals surface area (Å²) in [5.41, 5.74) is 2.37. The van der Waals surface area contributed by atoms with E-state index in [9.17, 15) is 17.6 Å². The van der Waals surface area contributed by atoms with Crippen LogP contribution in [0.25, 0.3) is 0 Å². The zero-order valence-electron chi connectivity index (χ0n) is 18.6. The smallest absolute Gasteiger partial charge is 0.262 e. The maximum absolute atomic E-state index is 13.6. The lowest BCUT2D eigenvalue weighted by Gasteiger charge is -2.26. The summed E-state index contributed by atoms with van der Waals surface area (Å²) in [6.45, 7) is 1.54. The first-order chi connectivity index (χ1) is 16.4. The van der Waals surface area contributed by atoms with E-state index < -0.39 is 15.8 Å². The first-order valence-corrected chi connectivity index (χ1v) is 12.8. The van der Waals surface area contributed by atoms with Crippen molar-refractivity contribution in [2.24, 2.45) is 0 Å². The Morgan fingerprint density at radius 2 is 1.79 bits per heavy atom. The summed E-state index contributed by atoms with van der Waals surface area (Å²) in [6, 6.07) is 14.3. The van der Waals surface area contributed by atoms with Gasteiger partial charge in [0.15, 0.2) is 0 Å². The summed E-state index contributed by atoms with van der Waals surface area (Å²) in [6.07, 6.45) is 4.94. The van der Waals surface area contributed by atoms with E-state index in [0.29, 0.717) is 48.8 Å². The molecular weight excluding hydrogens is 455 g/mol. The van der Waals surface area contributed by atoms with Crippen molar-refractivity contribution in [1.29, 1.82) is 0 Å². The fourth-order valence-corrected chi connectivity index (χ4v) is 6.10. The molecule has 0 bridgehead atoms. The van der Waals surface area contributed by atoms with Crippen LogP contribution < -0.4 is 10.2 Å². The Bertz CT molecular complexity index is 1340. The average Bonchev–Trinajstić information content (AvgIpc) is 3.28. The van der Waals surface area contributed by atoms with Gasteiger partial charge in [-0.1, -0.05) is 12.5 Å². The first kappa shape index (κ1) is 22.5. The molecule has 1 saturated heterocycles. The van der Waals surface area contributed by atoms with Crippen LogP contribution >= 0.6 is 0 Å². The summed E-state index contributed by atoms with van der Waals surface area (Å²) in [5.74, 6) is -0.314. The Morgan fingerprint density at radius 3 is 2.59 bits per heavy atom. The first-order valence-electron chi connectivity index (χ1n) is 11.4. The van der Waals surface area contributed by atoms with Gasteiger partial charge in [0.1, 0.15) is 11.6 Å². The van der Waals surface area contributed by atoms with Crippen molar-refractivity contribution in [3.63, 3.8) is 0 Å². The second kappa shape index (κ2) is 9.15. The van der Waals surface area contributed by atoms with Gasteiger partial charge >= 0.3 is 0 Å². The van der Waals surface area contributed by atoms with E-state index in [2.05, 4.69) is 10.3 Å². The number of hydrogen-bond acceptors (Lipinski definition) is 5. The zero-order valence-corrected chi connectivity index (χ0v) is 19.4. The topological polar surface area (TPSA) is 82.6 Å². The largest absolute Gasteiger partial charge is 0.339 e. The molecule has 0 saturated carbocycles. The van der Waals surface area contributed by atoms with Crippen molar-refractivity contribution >= 4 is 33.1 Å². The number of halogens is 1. The van der Waals surface area contributed by atoms with Gasteiger partial charge in [0.25, 0.3) is 5.91 Å². The fraction of sp³-hybridized carbons (Fsp3) is 0.280. The molecule has 2 aliphatic rings. The molecule has 0 radical (unpaired) electrons. The maximum atomic E-state index is 13.6. The third-order valence-corrected chi connectivity index (χ3v) is 8.16. The van der Waals surface area contributed by atoms with Crippen LogP contribution in [0.15, 0.2) is 65.7 Å². The third-order valence-electron chi connectivity index (χ3n) is 6.27. The highest BCUT2D eigenvalue weighted by Gasteiger charge is 2.31. The van der Waals surface area contributed by atoms with Crippen LogP contribution in [0.2, 0.25) is 0 Å². The number of anilines is 3. The number of carbonyl (C=O) groups excluding carboxylic acids is 1. The van der Waals surface area contributed by atoms with Crippen LogP contribution in [0, 0.1) is 5.82 Å². The quantitative estimate of drug-likeness (QED) is 0.587. The molecule has 0 atom stereocenters. The number of piperidine rings is 1. The number of sulfonamides is 1. The number of benzene rings is 2. The van der Waals surface area contributed by atoms with E-state index in [1.807, 2.05) is 0 Å². The average molecular weight is 481 g/mol. The lowest BCUT2D eigenvalue weighted by atomic mass is 10.1. The van der Waals surface area contributed by atoms with E-state index in [-0.39, 0.29) is 10.8 Å². The highest BCUT2D eigenvalue weighted by Crippen LogP contribution is 2.33. The zero-order chi connectivity index (χ0) is 23.7. The fourth-order valence-electron chi connectivity index (χ4n) is 4.53. The Labute approximate surface area is 198 Å². The molecule has 176 valence electrons. The van der Waals surface area contributed by atoms with Crippen LogP contribution in [-0.4, -0.2) is 43.2 Å². The number of rotatable bonds is 5. The summed E-state index contributed by atoms with van der Waals surface area (Å²) >= 11 is 0. The van der Waals surface area contributed by atoms with E-state index in [4.69, 9.17) is 0 Å². The Morgan fingerprint density at radius 1 is 0.971 bits per heavy atom. The Balaban J connectivity index is 1.41. The minimum Gasteiger partial charge on any atom is -0.339 e. The van der Waals surface area contributed by atoms with Gasteiger partial charge in [-0.2, -0.15) is 4.31 Å². The van der Waals surface area contributed by atoms with Crippen LogP contribution in [0.1, 0.15) is 35.2 Å². The Hall–Kier alpha value is -3.30. The molecule has 0 spiro atoms. The molecule has 1 fully saturated rings. The lowest BCUT2D eigenvalue weighted by Crippen LogP contribution is -2.35. The van der Waals surface area contributed by atoms with Gasteiger partial charge in [-0.05, 0) is 73.4 Å². The molecule has 2 aliphatic heterocycles. The van der Waals surface area contributed by atoms with Gasteiger partial charge in [-0.25, -0.2) is 17.8 Å². The number of hydrogen-bond donors (Lipinski definition) is 1. The summed E-state index contributed by atoms with van der Waals surface area (Å²) in [4.78, 5) is 19.7. The normalized spacial score (nSPS) is 16.3. The van der Waals surface area contributed by atoms with Crippen LogP contribution in [0.5, 0.6) is 0 Å². The second-order valence-corrected chi connectivity index (χ2v) is 10.4. The predicted octanol–water partition coefficient (Wildman–Crippen LogP) is 4.34. The van der Waals surface area contributed by atoms with Crippen molar-refractivity contribution in [3.05, 3.63) is 77.7 Å². The number of pyridine rings is 1. The van der Waals surface area contributed by atoms with Crippen LogP contribution in [0.4, 0.5) is 21.6 Å². The number of carbonyl (C=O) groups is 1. The van der Waals surface area contributed by atoms with Crippen LogP contribution in [0.3, 0.4) is 0 Å². The van der Waals surface area contributed by atoms with Gasteiger partial charge in [0.05, 0.1) is 10.5 Å². The molecule has 9 heteroatoms. The van der Waals surface area contributed by atoms with Gasteiger partial charge in [-0.3, -0.25) is 4.79 Å². The van der Waals surface area contributed by atoms with E-state index in [0.717, 1.165) is 24.8 Å². The minimum absolute atomic E-state index is 0.252. The van der Waals surface area contributed by atoms with Gasteiger partial charge < -0.3 is 10.2 Å². The predicted molar refractivity (Wildman–Crippen MR) is 128 cm³/mol. The van der Waals surface area contributed by atoms with E-state index in [1.54, 1.807) is 57.9 Å². The molecule has 3 heterocycles. The lowest BCUT2D eigenvalue weighted by molar-refractivity contribution is 0.0990. The SMILES string of the molecule is O=C(c1cccnc1Nc1cccc(F)c1)N1CCc2cc(S(=O)(=O)N3CCCCC3)ccc21. The maximum Gasteiger partial charge on any atom is 0.262 e. The molecule has 3 aromatic rings. The molecule has 0 aliphatic carbocycles. The van der Waals surface area contributed by atoms with Crippen molar-refractivity contribution in [2.45, 2.75) is 30.6 Å². The second-order valence-electron chi connectivity index (χ2n) is 8.50. The highest BCUT2D eigenvalue weighted by atomic mass is 32.2. The number of amides is 1. The van der Waals surface area contributed by atoms with E-state index in [1.165, 1.54) is 12.1 Å². The van der Waals surface area contributed by atoms with Gasteiger partial charge in [0, 0.05) is 37.2 Å². The highest BCUT2D eigenvalue weighted by molar-refractivity contribution is 7.89. The standard InChI is InChI=1S/C25H25FN4O3S/c26-19-6-4-7-20(17-19)28-24-22(8-5-12-27-24)25(31)30-15-11-18-16-21(9-10-23(18)30)34(32,33)29-13-2-1-3-14-29/h4-10,12,16-17H,1-3,11,13-15H2,(H,27,28). The number of aromatic nitrogens is 1.